The third-order valence-corrected chi connectivity index (χ3v) is 14.1. The van der Waals surface area contributed by atoms with Gasteiger partial charge in [0.05, 0.1) is 27.6 Å². The average Bonchev–Trinajstić information content (AvgIpc) is 4.18. The van der Waals surface area contributed by atoms with Gasteiger partial charge in [-0.05, 0) is 60.7 Å². The summed E-state index contributed by atoms with van der Waals surface area (Å²) in [6, 6.07) is 82.7. The van der Waals surface area contributed by atoms with Crippen LogP contribution < -0.4 is 0 Å². The molecule has 0 fully saturated rings. The van der Waals surface area contributed by atoms with Gasteiger partial charge in [-0.1, -0.05) is 96.1 Å². The van der Waals surface area contributed by atoms with Crippen molar-refractivity contribution < 1.29 is 20.1 Å². The standard InChI is InChI=1S/C31H19N2S.2C13H8NS.Ir/c1-4-10-28-25(7-1)26-8-2-5-11-29(26)33(28)24-19-17-22(18-20-24)21-13-15-23(16-14-21)31-32-27-9-3-6-12-30(27)34-31;2*1-2-6-10(7-3-1)13-14-11-8-4-5-9-12(11)15-13;/h1-15,17-20H;2*1-6,8-9H;/q3*-1;+3. The van der Waals surface area contributed by atoms with Crippen LogP contribution in [-0.4, -0.2) is 19.5 Å². The number of hydrogen-bond donors (Lipinski definition) is 0. The first kappa shape index (κ1) is 42.1. The average molecular weight is 1060 g/mol. The van der Waals surface area contributed by atoms with Crippen LogP contribution in [-0.2, 0) is 20.1 Å². The molecule has 0 unspecified atom stereocenters. The molecular formula is C57H35IrN4S3. The SMILES string of the molecule is [Ir+3].[c-]1cc(-c2ccc(-n3c4ccccc4c4ccccc43)cc2)ccc1-c1nc2ccccc2s1.[c-]1ccccc1-c1nc2ccccc2s1.[c-]1ccccc1-c1nc2ccccc2s1. The van der Waals surface area contributed by atoms with Crippen LogP contribution in [0.25, 0.3) is 101 Å². The van der Waals surface area contributed by atoms with Crippen molar-refractivity contribution in [2.45, 2.75) is 0 Å². The summed E-state index contributed by atoms with van der Waals surface area (Å²) >= 11 is 5.13. The molecule has 0 bridgehead atoms. The number of benzene rings is 9. The number of fused-ring (bicyclic) bond motifs is 6. The van der Waals surface area contributed by atoms with E-state index in [-0.39, 0.29) is 20.1 Å². The van der Waals surface area contributed by atoms with Gasteiger partial charge < -0.3 is 4.57 Å². The molecule has 8 heteroatoms. The Hall–Kier alpha value is -6.90. The monoisotopic (exact) mass is 1060 g/mol. The predicted octanol–water partition coefficient (Wildman–Crippen LogP) is 16.1. The van der Waals surface area contributed by atoms with Gasteiger partial charge in [0.1, 0.15) is 0 Å². The molecule has 0 aliphatic heterocycles. The van der Waals surface area contributed by atoms with E-state index in [2.05, 4.69) is 154 Å². The Bertz CT molecular complexity index is 3410. The van der Waals surface area contributed by atoms with Crippen molar-refractivity contribution >= 4 is 86.5 Å². The van der Waals surface area contributed by atoms with Gasteiger partial charge in [0.2, 0.25) is 0 Å². The minimum Gasteiger partial charge on any atom is -0.309 e. The van der Waals surface area contributed by atoms with Crippen LogP contribution >= 0.6 is 34.0 Å². The summed E-state index contributed by atoms with van der Waals surface area (Å²) in [6.45, 7) is 0. The number of para-hydroxylation sites is 5. The number of aromatic nitrogens is 4. The van der Waals surface area contributed by atoms with Crippen LogP contribution in [0.4, 0.5) is 0 Å². The first-order valence-electron chi connectivity index (χ1n) is 20.8. The largest absolute Gasteiger partial charge is 3.00 e. The molecule has 4 heterocycles. The quantitative estimate of drug-likeness (QED) is 0.161. The maximum atomic E-state index is 4.76. The van der Waals surface area contributed by atoms with Gasteiger partial charge in [-0.2, -0.15) is 34.0 Å². The van der Waals surface area contributed by atoms with Crippen molar-refractivity contribution in [3.05, 3.63) is 231 Å². The smallest absolute Gasteiger partial charge is 0.309 e. The summed E-state index contributed by atoms with van der Waals surface area (Å²) in [5.41, 5.74) is 12.3. The van der Waals surface area contributed by atoms with Crippen molar-refractivity contribution in [1.29, 1.82) is 0 Å². The Kier molecular flexibility index (Phi) is 12.3. The molecule has 0 saturated heterocycles. The van der Waals surface area contributed by atoms with E-state index in [9.17, 15) is 0 Å². The van der Waals surface area contributed by atoms with E-state index in [0.717, 1.165) is 59.5 Å². The number of thiazole rings is 3. The molecule has 0 radical (unpaired) electrons. The third kappa shape index (κ3) is 8.83. The summed E-state index contributed by atoms with van der Waals surface area (Å²) < 4.78 is 6.00. The second-order valence-electron chi connectivity index (χ2n) is 14.9. The molecule has 13 rings (SSSR count). The van der Waals surface area contributed by atoms with E-state index < -0.39 is 0 Å². The molecule has 310 valence electrons. The van der Waals surface area contributed by atoms with Gasteiger partial charge in [0.15, 0.2) is 0 Å². The van der Waals surface area contributed by atoms with E-state index in [0.29, 0.717) is 0 Å². The fraction of sp³-hybridized carbons (Fsp3) is 0. The van der Waals surface area contributed by atoms with Gasteiger partial charge in [-0.15, -0.1) is 102 Å². The Morgan fingerprint density at radius 1 is 0.354 bits per heavy atom. The van der Waals surface area contributed by atoms with E-state index >= 15 is 0 Å². The van der Waals surface area contributed by atoms with E-state index in [4.69, 9.17) is 4.98 Å². The summed E-state index contributed by atoms with van der Waals surface area (Å²) in [5, 5.41) is 5.65. The van der Waals surface area contributed by atoms with Crippen molar-refractivity contribution in [1.82, 2.24) is 19.5 Å². The van der Waals surface area contributed by atoms with Crippen LogP contribution in [0.3, 0.4) is 0 Å². The Morgan fingerprint density at radius 2 is 0.754 bits per heavy atom. The van der Waals surface area contributed by atoms with Crippen LogP contribution in [0.15, 0.2) is 212 Å². The zero-order valence-corrected chi connectivity index (χ0v) is 39.4. The molecule has 4 aromatic heterocycles. The second kappa shape index (κ2) is 19.1. The normalized spacial score (nSPS) is 11.0. The summed E-state index contributed by atoms with van der Waals surface area (Å²) in [7, 11) is 0. The summed E-state index contributed by atoms with van der Waals surface area (Å²) in [4.78, 5) is 13.9. The molecule has 0 N–H and O–H groups in total. The molecule has 0 aliphatic rings. The van der Waals surface area contributed by atoms with Crippen LogP contribution in [0.1, 0.15) is 0 Å². The third-order valence-electron chi connectivity index (χ3n) is 10.8. The van der Waals surface area contributed by atoms with E-state index in [1.165, 1.54) is 41.5 Å². The minimum absolute atomic E-state index is 0. The van der Waals surface area contributed by atoms with Gasteiger partial charge >= 0.3 is 20.1 Å². The van der Waals surface area contributed by atoms with Crippen molar-refractivity contribution in [2.75, 3.05) is 0 Å². The molecule has 0 aliphatic carbocycles. The van der Waals surface area contributed by atoms with Crippen molar-refractivity contribution in [2.24, 2.45) is 0 Å². The van der Waals surface area contributed by atoms with Gasteiger partial charge in [0, 0.05) is 45.6 Å². The second-order valence-corrected chi connectivity index (χ2v) is 18.0. The first-order chi connectivity index (χ1) is 31.7. The van der Waals surface area contributed by atoms with Crippen LogP contribution in [0, 0.1) is 18.2 Å². The molecule has 13 aromatic rings. The molecule has 0 spiro atoms. The molecule has 9 aromatic carbocycles. The molecule has 65 heavy (non-hydrogen) atoms. The minimum atomic E-state index is 0. The van der Waals surface area contributed by atoms with Crippen molar-refractivity contribution in [3.63, 3.8) is 0 Å². The van der Waals surface area contributed by atoms with Crippen LogP contribution in [0.5, 0.6) is 0 Å². The van der Waals surface area contributed by atoms with Gasteiger partial charge in [0.25, 0.3) is 0 Å². The Balaban J connectivity index is 0.000000133. The summed E-state index contributed by atoms with van der Waals surface area (Å²) in [6.07, 6.45) is 0. The van der Waals surface area contributed by atoms with Gasteiger partial charge in [-0.3, -0.25) is 15.0 Å². The van der Waals surface area contributed by atoms with E-state index in [1.54, 1.807) is 34.0 Å². The molecular weight excluding hydrogens is 1030 g/mol. The summed E-state index contributed by atoms with van der Waals surface area (Å²) in [5.74, 6) is 0. The Labute approximate surface area is 402 Å². The fourth-order valence-electron chi connectivity index (χ4n) is 7.76. The zero-order valence-electron chi connectivity index (χ0n) is 34.6. The fourth-order valence-corrected chi connectivity index (χ4v) is 10.6. The number of nitrogens with zero attached hydrogens (tertiary/aromatic N) is 4. The zero-order chi connectivity index (χ0) is 42.7. The molecule has 0 amide bonds. The van der Waals surface area contributed by atoms with Crippen molar-refractivity contribution in [3.8, 4) is 48.5 Å². The molecule has 4 nitrogen and oxygen atoms in total. The Morgan fingerprint density at radius 3 is 1.17 bits per heavy atom. The number of hydrogen-bond acceptors (Lipinski definition) is 6. The van der Waals surface area contributed by atoms with Crippen LogP contribution in [0.2, 0.25) is 0 Å². The topological polar surface area (TPSA) is 43.6 Å². The molecule has 0 saturated carbocycles. The maximum absolute atomic E-state index is 4.76. The van der Waals surface area contributed by atoms with Gasteiger partial charge in [-0.25, -0.2) is 0 Å². The molecule has 0 atom stereocenters. The predicted molar refractivity (Wildman–Crippen MR) is 271 cm³/mol. The number of rotatable bonds is 5. The first-order valence-corrected chi connectivity index (χ1v) is 23.3. The maximum Gasteiger partial charge on any atom is 3.00 e. The van der Waals surface area contributed by atoms with E-state index in [1.807, 2.05) is 91.0 Å².